The van der Waals surface area contributed by atoms with Crippen molar-refractivity contribution in [1.82, 2.24) is 0 Å². The highest BCUT2D eigenvalue weighted by molar-refractivity contribution is 5.36. The molecule has 2 N–H and O–H groups in total. The Morgan fingerprint density at radius 2 is 1.84 bits per heavy atom. The maximum atomic E-state index is 13.6. The van der Waals surface area contributed by atoms with Gasteiger partial charge in [-0.05, 0) is 48.6 Å². The maximum absolute atomic E-state index is 13.6. The Morgan fingerprint density at radius 1 is 1.11 bits per heavy atom. The second-order valence-electron chi connectivity index (χ2n) is 4.84. The van der Waals surface area contributed by atoms with Crippen LogP contribution in [0.4, 0.5) is 8.78 Å². The predicted octanol–water partition coefficient (Wildman–Crippen LogP) is 3.82. The predicted molar refractivity (Wildman–Crippen MR) is 72.9 cm³/mol. The molecule has 0 saturated heterocycles. The second-order valence-corrected chi connectivity index (χ2v) is 4.84. The van der Waals surface area contributed by atoms with Crippen molar-refractivity contribution in [1.29, 1.82) is 0 Å². The smallest absolute Gasteiger partial charge is 0.129 e. The van der Waals surface area contributed by atoms with E-state index in [4.69, 9.17) is 5.73 Å². The Kier molecular flexibility index (Phi) is 3.96. The van der Waals surface area contributed by atoms with Crippen molar-refractivity contribution in [2.45, 2.75) is 26.3 Å². The van der Waals surface area contributed by atoms with E-state index in [2.05, 4.69) is 0 Å². The molecule has 0 saturated carbocycles. The summed E-state index contributed by atoms with van der Waals surface area (Å²) in [5, 5.41) is 0. The summed E-state index contributed by atoms with van der Waals surface area (Å²) in [6.07, 6.45) is 0.358. The van der Waals surface area contributed by atoms with Crippen LogP contribution in [0, 0.1) is 25.5 Å². The van der Waals surface area contributed by atoms with E-state index in [1.54, 1.807) is 0 Å². The van der Waals surface area contributed by atoms with E-state index in [0.717, 1.165) is 22.8 Å². The summed E-state index contributed by atoms with van der Waals surface area (Å²) in [7, 11) is 0. The van der Waals surface area contributed by atoms with Crippen LogP contribution in [0.3, 0.4) is 0 Å². The molecule has 2 aromatic rings. The molecule has 0 aromatic heterocycles. The Bertz CT molecular complexity index is 593. The second kappa shape index (κ2) is 5.49. The highest BCUT2D eigenvalue weighted by Gasteiger charge is 2.13. The zero-order valence-electron chi connectivity index (χ0n) is 11.1. The molecule has 2 rings (SSSR count). The minimum Gasteiger partial charge on any atom is -0.324 e. The number of hydrogen-bond donors (Lipinski definition) is 1. The fourth-order valence-corrected chi connectivity index (χ4v) is 2.21. The summed E-state index contributed by atoms with van der Waals surface area (Å²) in [5.41, 5.74) is 9.87. The summed E-state index contributed by atoms with van der Waals surface area (Å²) in [6.45, 7) is 4.02. The number of nitrogens with two attached hydrogens (primary N) is 1. The number of halogens is 2. The molecule has 0 aliphatic carbocycles. The van der Waals surface area contributed by atoms with Crippen LogP contribution in [0.2, 0.25) is 0 Å². The van der Waals surface area contributed by atoms with Gasteiger partial charge in [-0.2, -0.15) is 0 Å². The Balaban J connectivity index is 2.25. The van der Waals surface area contributed by atoms with Gasteiger partial charge in [0.2, 0.25) is 0 Å². The first-order valence-electron chi connectivity index (χ1n) is 6.24. The van der Waals surface area contributed by atoms with Crippen LogP contribution in [0.15, 0.2) is 36.4 Å². The molecule has 1 nitrogen and oxygen atoms in total. The number of aryl methyl sites for hydroxylation is 1. The molecule has 3 heteroatoms. The van der Waals surface area contributed by atoms with Crippen molar-refractivity contribution in [3.05, 3.63) is 70.3 Å². The van der Waals surface area contributed by atoms with Gasteiger partial charge < -0.3 is 5.73 Å². The third kappa shape index (κ3) is 2.99. The lowest BCUT2D eigenvalue weighted by atomic mass is 9.93. The van der Waals surface area contributed by atoms with Gasteiger partial charge in [-0.1, -0.05) is 24.3 Å². The zero-order valence-corrected chi connectivity index (χ0v) is 11.1. The number of rotatable bonds is 3. The highest BCUT2D eigenvalue weighted by Crippen LogP contribution is 2.23. The van der Waals surface area contributed by atoms with Gasteiger partial charge in [-0.25, -0.2) is 8.78 Å². The quantitative estimate of drug-likeness (QED) is 0.893. The monoisotopic (exact) mass is 261 g/mol. The van der Waals surface area contributed by atoms with Crippen LogP contribution in [0.1, 0.15) is 28.3 Å². The van der Waals surface area contributed by atoms with E-state index in [0.29, 0.717) is 12.0 Å². The molecule has 1 unspecified atom stereocenters. The van der Waals surface area contributed by atoms with Gasteiger partial charge in [0.15, 0.2) is 0 Å². The lowest BCUT2D eigenvalue weighted by Crippen LogP contribution is -2.16. The third-order valence-electron chi connectivity index (χ3n) is 3.50. The lowest BCUT2D eigenvalue weighted by molar-refractivity contribution is 0.562. The van der Waals surface area contributed by atoms with E-state index >= 15 is 0 Å². The molecular formula is C16H17F2N. The van der Waals surface area contributed by atoms with Crippen molar-refractivity contribution >= 4 is 0 Å². The van der Waals surface area contributed by atoms with Gasteiger partial charge in [0, 0.05) is 12.1 Å². The topological polar surface area (TPSA) is 26.0 Å². The van der Waals surface area contributed by atoms with Crippen LogP contribution in [-0.4, -0.2) is 0 Å². The molecule has 0 bridgehead atoms. The fraction of sp³-hybridized carbons (Fsp3) is 0.250. The molecule has 0 aliphatic rings. The summed E-state index contributed by atoms with van der Waals surface area (Å²) >= 11 is 0. The molecule has 0 heterocycles. The molecule has 1 atom stereocenters. The van der Waals surface area contributed by atoms with E-state index in [9.17, 15) is 8.78 Å². The van der Waals surface area contributed by atoms with Gasteiger partial charge in [0.05, 0.1) is 0 Å². The molecule has 0 fully saturated rings. The van der Waals surface area contributed by atoms with E-state index in [1.807, 2.05) is 32.0 Å². The van der Waals surface area contributed by atoms with Gasteiger partial charge in [0.1, 0.15) is 11.6 Å². The molecule has 2 aromatic carbocycles. The van der Waals surface area contributed by atoms with Crippen LogP contribution < -0.4 is 5.73 Å². The molecular weight excluding hydrogens is 244 g/mol. The van der Waals surface area contributed by atoms with Crippen molar-refractivity contribution in [3.8, 4) is 0 Å². The van der Waals surface area contributed by atoms with E-state index < -0.39 is 11.6 Å². The first-order chi connectivity index (χ1) is 8.99. The Labute approximate surface area is 112 Å². The molecule has 0 spiro atoms. The minimum absolute atomic E-state index is 0.292. The first-order valence-corrected chi connectivity index (χ1v) is 6.24. The molecule has 0 aliphatic heterocycles. The van der Waals surface area contributed by atoms with E-state index in [1.165, 1.54) is 12.1 Å². The van der Waals surface area contributed by atoms with Crippen LogP contribution in [0.5, 0.6) is 0 Å². The van der Waals surface area contributed by atoms with Crippen molar-refractivity contribution in [2.24, 2.45) is 5.73 Å². The van der Waals surface area contributed by atoms with Crippen LogP contribution in [0.25, 0.3) is 0 Å². The minimum atomic E-state index is -0.568. The van der Waals surface area contributed by atoms with Crippen molar-refractivity contribution < 1.29 is 8.78 Å². The molecule has 100 valence electrons. The number of benzene rings is 2. The van der Waals surface area contributed by atoms with Crippen LogP contribution in [-0.2, 0) is 6.42 Å². The largest absolute Gasteiger partial charge is 0.324 e. The lowest BCUT2D eigenvalue weighted by Gasteiger charge is -2.16. The Hall–Kier alpha value is -1.74. The normalized spacial score (nSPS) is 12.5. The summed E-state index contributed by atoms with van der Waals surface area (Å²) < 4.78 is 26.5. The number of hydrogen-bond acceptors (Lipinski definition) is 1. The maximum Gasteiger partial charge on any atom is 0.129 e. The summed E-state index contributed by atoms with van der Waals surface area (Å²) in [6, 6.07) is 9.23. The third-order valence-corrected chi connectivity index (χ3v) is 3.50. The Morgan fingerprint density at radius 3 is 2.53 bits per heavy atom. The SMILES string of the molecule is Cc1cccc(C(N)Cc2ccc(F)cc2F)c1C. The average Bonchev–Trinajstić information content (AvgIpc) is 2.36. The highest BCUT2D eigenvalue weighted by atomic mass is 19.1. The van der Waals surface area contributed by atoms with Gasteiger partial charge in [0.25, 0.3) is 0 Å². The first kappa shape index (κ1) is 13.7. The standard InChI is InChI=1S/C16H17F2N/c1-10-4-3-5-14(11(10)2)16(19)8-12-6-7-13(17)9-15(12)18/h3-7,9,16H,8,19H2,1-2H3. The average molecular weight is 261 g/mol. The van der Waals surface area contributed by atoms with Gasteiger partial charge in [-0.15, -0.1) is 0 Å². The molecule has 0 radical (unpaired) electrons. The van der Waals surface area contributed by atoms with E-state index in [-0.39, 0.29) is 6.04 Å². The zero-order chi connectivity index (χ0) is 14.0. The van der Waals surface area contributed by atoms with Crippen LogP contribution >= 0.6 is 0 Å². The van der Waals surface area contributed by atoms with Gasteiger partial charge >= 0.3 is 0 Å². The van der Waals surface area contributed by atoms with Gasteiger partial charge in [-0.3, -0.25) is 0 Å². The molecule has 0 amide bonds. The summed E-state index contributed by atoms with van der Waals surface area (Å²) in [5.74, 6) is -1.11. The summed E-state index contributed by atoms with van der Waals surface area (Å²) in [4.78, 5) is 0. The van der Waals surface area contributed by atoms with Crippen molar-refractivity contribution in [2.75, 3.05) is 0 Å². The molecule has 19 heavy (non-hydrogen) atoms. The van der Waals surface area contributed by atoms with Crippen molar-refractivity contribution in [3.63, 3.8) is 0 Å². The fourth-order valence-electron chi connectivity index (χ4n) is 2.21.